The summed E-state index contributed by atoms with van der Waals surface area (Å²) < 4.78 is 4.35. The number of hydrogen-bond donors (Lipinski definition) is 4. The molecule has 0 aliphatic carbocycles. The summed E-state index contributed by atoms with van der Waals surface area (Å²) >= 11 is 0. The molecule has 1 heterocycles. The highest BCUT2D eigenvalue weighted by Gasteiger charge is 2.31. The summed E-state index contributed by atoms with van der Waals surface area (Å²) in [6, 6.07) is 0. The molecule has 1 rings (SSSR count). The first-order valence-corrected chi connectivity index (χ1v) is 2.94. The molecule has 0 radical (unpaired) electrons. The number of hydrogen-bond acceptors (Lipinski definition) is 5. The van der Waals surface area contributed by atoms with E-state index >= 15 is 0 Å². The molecule has 0 aromatic rings. The summed E-state index contributed by atoms with van der Waals surface area (Å²) in [7, 11) is 0. The van der Waals surface area contributed by atoms with Crippen molar-refractivity contribution in [1.29, 1.82) is 0 Å². The van der Waals surface area contributed by atoms with Gasteiger partial charge in [-0.2, -0.15) is 0 Å². The fourth-order valence-electron chi connectivity index (χ4n) is 0.683. The maximum absolute atomic E-state index is 10.3. The quantitative estimate of drug-likeness (QED) is 0.452. The second-order valence-electron chi connectivity index (χ2n) is 2.09. The van der Waals surface area contributed by atoms with Crippen LogP contribution < -0.4 is 0 Å². The molecule has 0 saturated heterocycles. The predicted molar refractivity (Wildman–Crippen MR) is 35.5 cm³/mol. The van der Waals surface area contributed by atoms with Crippen molar-refractivity contribution >= 4 is 5.97 Å². The topological polar surface area (TPSA) is 107 Å². The van der Waals surface area contributed by atoms with Crippen LogP contribution in [0.2, 0.25) is 0 Å². The Morgan fingerprint density at radius 1 is 1.42 bits per heavy atom. The van der Waals surface area contributed by atoms with Gasteiger partial charge in [-0.1, -0.05) is 0 Å². The molecule has 1 unspecified atom stereocenters. The summed E-state index contributed by atoms with van der Waals surface area (Å²) in [5, 5.41) is 34.8. The Morgan fingerprint density at radius 3 is 2.50 bits per heavy atom. The highest BCUT2D eigenvalue weighted by molar-refractivity contribution is 5.76. The van der Waals surface area contributed by atoms with Crippen LogP contribution in [0.25, 0.3) is 0 Å². The van der Waals surface area contributed by atoms with E-state index in [1.807, 2.05) is 0 Å². The minimum Gasteiger partial charge on any atom is -0.505 e. The van der Waals surface area contributed by atoms with Gasteiger partial charge in [0.1, 0.15) is 6.26 Å². The number of aliphatic carboxylic acids is 1. The van der Waals surface area contributed by atoms with Crippen LogP contribution in [-0.4, -0.2) is 32.5 Å². The van der Waals surface area contributed by atoms with Gasteiger partial charge in [0.2, 0.25) is 5.76 Å². The Hall–Kier alpha value is -1.85. The Kier molecular flexibility index (Phi) is 1.82. The van der Waals surface area contributed by atoms with Gasteiger partial charge in [0.05, 0.1) is 0 Å². The number of aliphatic hydroxyl groups excluding tert-OH is 3. The van der Waals surface area contributed by atoms with E-state index in [1.54, 1.807) is 0 Å². The van der Waals surface area contributed by atoms with Gasteiger partial charge < -0.3 is 25.2 Å². The van der Waals surface area contributed by atoms with Gasteiger partial charge in [-0.15, -0.1) is 0 Å². The van der Waals surface area contributed by atoms with Gasteiger partial charge in [0, 0.05) is 0 Å². The molecule has 0 fully saturated rings. The third-order valence-electron chi connectivity index (χ3n) is 1.27. The SMILES string of the molecule is O=C(O)C1OC=C(O)C(O)=C1O. The van der Waals surface area contributed by atoms with E-state index < -0.39 is 29.4 Å². The third-order valence-corrected chi connectivity index (χ3v) is 1.27. The van der Waals surface area contributed by atoms with Gasteiger partial charge in [-0.05, 0) is 0 Å². The zero-order valence-electron chi connectivity index (χ0n) is 5.76. The molecular formula is C6H6O6. The zero-order valence-corrected chi connectivity index (χ0v) is 5.76. The van der Waals surface area contributed by atoms with E-state index in [2.05, 4.69) is 4.74 Å². The van der Waals surface area contributed by atoms with E-state index in [4.69, 9.17) is 20.4 Å². The molecular weight excluding hydrogens is 168 g/mol. The zero-order chi connectivity index (χ0) is 9.30. The van der Waals surface area contributed by atoms with Crippen molar-refractivity contribution in [3.63, 3.8) is 0 Å². The Balaban J connectivity index is 2.98. The molecule has 1 atom stereocenters. The molecule has 6 nitrogen and oxygen atoms in total. The first kappa shape index (κ1) is 8.25. The predicted octanol–water partition coefficient (Wildman–Crippen LogP) is 0.197. The van der Waals surface area contributed by atoms with Gasteiger partial charge in [-0.25, -0.2) is 4.79 Å². The van der Waals surface area contributed by atoms with Crippen molar-refractivity contribution in [2.45, 2.75) is 6.10 Å². The van der Waals surface area contributed by atoms with E-state index in [0.29, 0.717) is 6.26 Å². The molecule has 0 aromatic carbocycles. The number of rotatable bonds is 1. The van der Waals surface area contributed by atoms with Crippen molar-refractivity contribution < 1.29 is 30.0 Å². The molecule has 66 valence electrons. The maximum Gasteiger partial charge on any atom is 0.353 e. The lowest BCUT2D eigenvalue weighted by Crippen LogP contribution is -2.28. The molecule has 0 bridgehead atoms. The van der Waals surface area contributed by atoms with Crippen molar-refractivity contribution in [2.75, 3.05) is 0 Å². The Bertz CT molecular complexity index is 276. The van der Waals surface area contributed by atoms with Crippen molar-refractivity contribution in [3.05, 3.63) is 23.5 Å². The monoisotopic (exact) mass is 174 g/mol. The normalized spacial score (nSPS) is 23.0. The summed E-state index contributed by atoms with van der Waals surface area (Å²) in [5.41, 5.74) is 0. The van der Waals surface area contributed by atoms with Crippen LogP contribution in [-0.2, 0) is 9.53 Å². The van der Waals surface area contributed by atoms with Crippen LogP contribution in [0.1, 0.15) is 0 Å². The average molecular weight is 174 g/mol. The second kappa shape index (κ2) is 2.65. The summed E-state index contributed by atoms with van der Waals surface area (Å²) in [5.74, 6) is -3.95. The molecule has 4 N–H and O–H groups in total. The van der Waals surface area contributed by atoms with E-state index in [9.17, 15) is 4.79 Å². The van der Waals surface area contributed by atoms with Gasteiger partial charge in [0.25, 0.3) is 6.10 Å². The molecule has 1 aliphatic rings. The fourth-order valence-corrected chi connectivity index (χ4v) is 0.683. The lowest BCUT2D eigenvalue weighted by Gasteiger charge is -2.16. The molecule has 0 saturated carbocycles. The van der Waals surface area contributed by atoms with Gasteiger partial charge in [0.15, 0.2) is 11.5 Å². The number of carbonyl (C=O) groups is 1. The fraction of sp³-hybridized carbons (Fsp3) is 0.167. The van der Waals surface area contributed by atoms with E-state index in [1.165, 1.54) is 0 Å². The lowest BCUT2D eigenvalue weighted by atomic mass is 10.2. The standard InChI is InChI=1S/C6H6O6/c7-2-1-12-5(6(10)11)4(9)3(2)8/h1,5,7-9H,(H,10,11). The Labute approximate surface area is 66.6 Å². The van der Waals surface area contributed by atoms with Crippen LogP contribution in [0.15, 0.2) is 23.5 Å². The van der Waals surface area contributed by atoms with Crippen LogP contribution in [0.5, 0.6) is 0 Å². The minimum absolute atomic E-state index is 0.647. The molecule has 6 heteroatoms. The largest absolute Gasteiger partial charge is 0.505 e. The summed E-state index contributed by atoms with van der Waals surface area (Å²) in [4.78, 5) is 10.3. The smallest absolute Gasteiger partial charge is 0.353 e. The number of carboxylic acid groups (broad SMARTS) is 1. The molecule has 0 aromatic heterocycles. The second-order valence-corrected chi connectivity index (χ2v) is 2.09. The number of ether oxygens (including phenoxy) is 1. The highest BCUT2D eigenvalue weighted by atomic mass is 16.5. The molecule has 1 aliphatic heterocycles. The van der Waals surface area contributed by atoms with Crippen LogP contribution in [0, 0.1) is 0 Å². The van der Waals surface area contributed by atoms with Crippen LogP contribution >= 0.6 is 0 Å². The summed E-state index contributed by atoms with van der Waals surface area (Å²) in [6.45, 7) is 0. The Morgan fingerprint density at radius 2 is 2.00 bits per heavy atom. The summed E-state index contributed by atoms with van der Waals surface area (Å²) in [6.07, 6.45) is -1.01. The maximum atomic E-state index is 10.3. The number of carboxylic acids is 1. The average Bonchev–Trinajstić information content (AvgIpc) is 2.00. The van der Waals surface area contributed by atoms with Crippen molar-refractivity contribution in [3.8, 4) is 0 Å². The van der Waals surface area contributed by atoms with E-state index in [-0.39, 0.29) is 0 Å². The van der Waals surface area contributed by atoms with Gasteiger partial charge >= 0.3 is 5.97 Å². The van der Waals surface area contributed by atoms with E-state index in [0.717, 1.165) is 0 Å². The molecule has 12 heavy (non-hydrogen) atoms. The van der Waals surface area contributed by atoms with Crippen LogP contribution in [0.3, 0.4) is 0 Å². The molecule has 0 spiro atoms. The minimum atomic E-state index is -1.65. The van der Waals surface area contributed by atoms with Crippen LogP contribution in [0.4, 0.5) is 0 Å². The van der Waals surface area contributed by atoms with Crippen molar-refractivity contribution in [1.82, 2.24) is 0 Å². The number of aliphatic hydroxyl groups is 3. The lowest BCUT2D eigenvalue weighted by molar-refractivity contribution is -0.147. The highest BCUT2D eigenvalue weighted by Crippen LogP contribution is 2.19. The first-order valence-electron chi connectivity index (χ1n) is 2.94. The van der Waals surface area contributed by atoms with Gasteiger partial charge in [-0.3, -0.25) is 0 Å². The third kappa shape index (κ3) is 1.14. The first-order chi connectivity index (χ1) is 5.54. The molecule has 0 amide bonds. The van der Waals surface area contributed by atoms with Crippen molar-refractivity contribution in [2.24, 2.45) is 0 Å².